The Bertz CT molecular complexity index is 291. The quantitative estimate of drug-likeness (QED) is 0.684. The van der Waals surface area contributed by atoms with Crippen LogP contribution in [0.4, 0.5) is 0 Å². The summed E-state index contributed by atoms with van der Waals surface area (Å²) in [5.41, 5.74) is 0. The fourth-order valence-electron chi connectivity index (χ4n) is 4.51. The molecule has 4 aliphatic carbocycles. The van der Waals surface area contributed by atoms with Crippen molar-refractivity contribution in [3.63, 3.8) is 0 Å². The molecule has 2 heteroatoms. The van der Waals surface area contributed by atoms with Gasteiger partial charge >= 0.3 is 0 Å². The molecular formula is C15H26N2. The van der Waals surface area contributed by atoms with Gasteiger partial charge in [0, 0.05) is 13.1 Å². The van der Waals surface area contributed by atoms with Gasteiger partial charge in [-0.1, -0.05) is 12.2 Å². The van der Waals surface area contributed by atoms with Crippen LogP contribution in [0.15, 0.2) is 12.2 Å². The maximum atomic E-state index is 2.55. The monoisotopic (exact) mass is 234 g/mol. The van der Waals surface area contributed by atoms with Gasteiger partial charge in [-0.3, -0.25) is 0 Å². The lowest BCUT2D eigenvalue weighted by Crippen LogP contribution is -2.47. The van der Waals surface area contributed by atoms with E-state index in [1.807, 2.05) is 0 Å². The first-order valence-electron chi connectivity index (χ1n) is 7.05. The number of fused-ring (bicyclic) bond motifs is 1. The maximum absolute atomic E-state index is 2.55. The van der Waals surface area contributed by atoms with E-state index in [9.17, 15) is 0 Å². The highest BCUT2D eigenvalue weighted by molar-refractivity contribution is 5.21. The van der Waals surface area contributed by atoms with Gasteiger partial charge in [-0.05, 0) is 70.1 Å². The van der Waals surface area contributed by atoms with Crippen LogP contribution in [0.2, 0.25) is 0 Å². The second-order valence-electron chi connectivity index (χ2n) is 6.96. The van der Waals surface area contributed by atoms with E-state index in [0.29, 0.717) is 0 Å². The molecule has 0 spiro atoms. The summed E-state index contributed by atoms with van der Waals surface area (Å²) in [4.78, 5) is 4.78. The molecule has 0 aromatic heterocycles. The molecule has 0 aliphatic heterocycles. The number of nitrogens with zero attached hydrogens (tertiary/aromatic N) is 2. The average Bonchev–Trinajstić information content (AvgIpc) is 3.00. The highest BCUT2D eigenvalue weighted by Gasteiger charge is 2.58. The molecule has 0 radical (unpaired) electrons. The van der Waals surface area contributed by atoms with E-state index in [1.165, 1.54) is 19.5 Å². The molecule has 0 aromatic rings. The predicted octanol–water partition coefficient (Wildman–Crippen LogP) is 1.79. The minimum Gasteiger partial charge on any atom is -0.309 e. The van der Waals surface area contributed by atoms with Crippen LogP contribution in [0.3, 0.4) is 0 Å². The minimum absolute atomic E-state index is 0.886. The summed E-state index contributed by atoms with van der Waals surface area (Å²) in [6.45, 7) is 2.54. The van der Waals surface area contributed by atoms with Gasteiger partial charge < -0.3 is 9.80 Å². The van der Waals surface area contributed by atoms with Crippen LogP contribution < -0.4 is 0 Å². The summed E-state index contributed by atoms with van der Waals surface area (Å²) < 4.78 is 0. The van der Waals surface area contributed by atoms with Gasteiger partial charge in [-0.25, -0.2) is 0 Å². The van der Waals surface area contributed by atoms with E-state index in [1.54, 1.807) is 0 Å². The van der Waals surface area contributed by atoms with Gasteiger partial charge in [0.15, 0.2) is 0 Å². The molecule has 96 valence electrons. The number of hydrogen-bond acceptors (Lipinski definition) is 2. The molecule has 0 N–H and O–H groups in total. The largest absolute Gasteiger partial charge is 0.309 e. The molecule has 0 heterocycles. The molecule has 0 unspecified atom stereocenters. The molecule has 4 rings (SSSR count). The minimum atomic E-state index is 0.886. The highest BCUT2D eigenvalue weighted by atomic mass is 15.1. The second kappa shape index (κ2) is 4.10. The highest BCUT2D eigenvalue weighted by Crippen LogP contribution is 2.63. The van der Waals surface area contributed by atoms with Crippen LogP contribution in [0.1, 0.15) is 6.42 Å². The fraction of sp³-hybridized carbons (Fsp3) is 0.867. The van der Waals surface area contributed by atoms with Crippen molar-refractivity contribution >= 4 is 0 Å². The third kappa shape index (κ3) is 1.96. The van der Waals surface area contributed by atoms with Gasteiger partial charge in [-0.15, -0.1) is 0 Å². The third-order valence-corrected chi connectivity index (χ3v) is 5.13. The van der Waals surface area contributed by atoms with Crippen molar-refractivity contribution in [3.8, 4) is 0 Å². The van der Waals surface area contributed by atoms with Crippen LogP contribution in [0.25, 0.3) is 0 Å². The van der Waals surface area contributed by atoms with Gasteiger partial charge in [0.25, 0.3) is 0 Å². The van der Waals surface area contributed by atoms with E-state index in [0.717, 1.165) is 35.5 Å². The zero-order valence-corrected chi connectivity index (χ0v) is 11.6. The molecule has 0 saturated heterocycles. The van der Waals surface area contributed by atoms with Crippen molar-refractivity contribution in [1.29, 1.82) is 0 Å². The first-order valence-corrected chi connectivity index (χ1v) is 7.05. The molecular weight excluding hydrogens is 208 g/mol. The van der Waals surface area contributed by atoms with Crippen LogP contribution >= 0.6 is 0 Å². The zero-order valence-electron chi connectivity index (χ0n) is 11.6. The summed E-state index contributed by atoms with van der Waals surface area (Å²) in [6, 6.07) is 0. The van der Waals surface area contributed by atoms with Gasteiger partial charge in [0.05, 0.1) is 0 Å². The first-order chi connectivity index (χ1) is 8.08. The lowest BCUT2D eigenvalue weighted by Gasteiger charge is -2.46. The summed E-state index contributed by atoms with van der Waals surface area (Å²) in [5, 5.41) is 0. The third-order valence-electron chi connectivity index (χ3n) is 5.13. The Hall–Kier alpha value is -0.340. The predicted molar refractivity (Wildman–Crippen MR) is 71.8 cm³/mol. The summed E-state index contributed by atoms with van der Waals surface area (Å²) in [7, 11) is 8.90. The Morgan fingerprint density at radius 1 is 0.824 bits per heavy atom. The van der Waals surface area contributed by atoms with Gasteiger partial charge in [0.1, 0.15) is 0 Å². The Morgan fingerprint density at radius 3 is 1.59 bits per heavy atom. The van der Waals surface area contributed by atoms with E-state index in [4.69, 9.17) is 0 Å². The molecule has 4 aliphatic rings. The van der Waals surface area contributed by atoms with Crippen molar-refractivity contribution in [2.45, 2.75) is 6.42 Å². The Kier molecular flexibility index (Phi) is 2.83. The molecule has 2 saturated carbocycles. The normalized spacial score (nSPS) is 46.7. The van der Waals surface area contributed by atoms with Gasteiger partial charge in [0.2, 0.25) is 0 Å². The Balaban J connectivity index is 1.80. The molecule has 2 fully saturated rings. The maximum Gasteiger partial charge on any atom is 0.00126 e. The van der Waals surface area contributed by atoms with Crippen molar-refractivity contribution in [2.75, 3.05) is 41.3 Å². The van der Waals surface area contributed by atoms with E-state index < -0.39 is 0 Å². The summed E-state index contributed by atoms with van der Waals surface area (Å²) in [6.07, 6.45) is 6.62. The topological polar surface area (TPSA) is 6.48 Å². The Labute approximate surface area is 106 Å². The molecule has 6 atom stereocenters. The van der Waals surface area contributed by atoms with Crippen LogP contribution in [0, 0.1) is 35.5 Å². The number of allylic oxidation sites excluding steroid dienone is 2. The number of hydrogen-bond donors (Lipinski definition) is 0. The van der Waals surface area contributed by atoms with Crippen LogP contribution in [-0.2, 0) is 0 Å². The zero-order chi connectivity index (χ0) is 12.2. The lowest BCUT2D eigenvalue weighted by molar-refractivity contribution is 0.0662. The number of rotatable bonds is 4. The molecule has 17 heavy (non-hydrogen) atoms. The first kappa shape index (κ1) is 11.7. The molecule has 2 bridgehead atoms. The van der Waals surface area contributed by atoms with Crippen molar-refractivity contribution < 1.29 is 0 Å². The fourth-order valence-corrected chi connectivity index (χ4v) is 4.51. The van der Waals surface area contributed by atoms with Crippen molar-refractivity contribution in [2.24, 2.45) is 35.5 Å². The van der Waals surface area contributed by atoms with Crippen LogP contribution in [0.5, 0.6) is 0 Å². The summed E-state index contributed by atoms with van der Waals surface area (Å²) in [5.74, 6) is 5.66. The van der Waals surface area contributed by atoms with Gasteiger partial charge in [-0.2, -0.15) is 0 Å². The van der Waals surface area contributed by atoms with E-state index >= 15 is 0 Å². The standard InChI is InChI=1S/C15H26N2/c1-16(2)8-14-10-5-6-11(13-7-12(10)13)15(14)9-17(3)4/h5-6,10-15H,7-9H2,1-4H3/t10-,11+,12-,13-,14+,15+/m1/s1. The Morgan fingerprint density at radius 2 is 1.24 bits per heavy atom. The summed E-state index contributed by atoms with van der Waals surface area (Å²) >= 11 is 0. The van der Waals surface area contributed by atoms with E-state index in [-0.39, 0.29) is 0 Å². The van der Waals surface area contributed by atoms with E-state index in [2.05, 4.69) is 50.1 Å². The molecule has 2 nitrogen and oxygen atoms in total. The smallest absolute Gasteiger partial charge is 0.00126 e. The second-order valence-corrected chi connectivity index (χ2v) is 6.96. The van der Waals surface area contributed by atoms with Crippen molar-refractivity contribution in [1.82, 2.24) is 9.80 Å². The van der Waals surface area contributed by atoms with Crippen molar-refractivity contribution in [3.05, 3.63) is 12.2 Å². The SMILES string of the molecule is CN(C)C[C@H]1[C@@H]2C=C[C@@H]([C@H]3C[C@H]23)[C@@H]1CN(C)C. The molecule has 0 amide bonds. The van der Waals surface area contributed by atoms with Crippen LogP contribution in [-0.4, -0.2) is 51.1 Å². The lowest BCUT2D eigenvalue weighted by atomic mass is 9.62. The molecule has 0 aromatic carbocycles. The average molecular weight is 234 g/mol.